The maximum Gasteiger partial charge on any atom is 0.416 e. The van der Waals surface area contributed by atoms with E-state index in [0.717, 1.165) is 6.07 Å². The van der Waals surface area contributed by atoms with Crippen LogP contribution in [0.5, 0.6) is 0 Å². The second kappa shape index (κ2) is 6.76. The number of morpholine rings is 1. The van der Waals surface area contributed by atoms with Gasteiger partial charge in [-0.3, -0.25) is 4.79 Å². The summed E-state index contributed by atoms with van der Waals surface area (Å²) in [5, 5.41) is 2.89. The largest absolute Gasteiger partial charge is 0.416 e. The lowest BCUT2D eigenvalue weighted by Crippen LogP contribution is -2.74. The number of rotatable bonds is 1. The minimum Gasteiger partial charge on any atom is -0.370 e. The molecule has 1 spiro atoms. The molecule has 4 aliphatic heterocycles. The zero-order valence-electron chi connectivity index (χ0n) is 16.3. The summed E-state index contributed by atoms with van der Waals surface area (Å²) in [6, 6.07) is 5.16. The van der Waals surface area contributed by atoms with E-state index >= 15 is 0 Å². The van der Waals surface area contributed by atoms with E-state index in [1.807, 2.05) is 4.90 Å². The summed E-state index contributed by atoms with van der Waals surface area (Å²) >= 11 is 0. The van der Waals surface area contributed by atoms with Crippen molar-refractivity contribution < 1.29 is 27.5 Å². The number of amides is 3. The third-order valence-corrected chi connectivity index (χ3v) is 6.51. The van der Waals surface area contributed by atoms with Crippen molar-refractivity contribution in [3.8, 4) is 0 Å². The Hall–Kier alpha value is -2.49. The molecule has 4 saturated heterocycles. The van der Waals surface area contributed by atoms with Crippen LogP contribution >= 0.6 is 0 Å². The van der Waals surface area contributed by atoms with Crippen molar-refractivity contribution >= 4 is 17.6 Å². The van der Waals surface area contributed by atoms with Gasteiger partial charge >= 0.3 is 12.2 Å². The molecule has 1 N–H and O–H groups in total. The third-order valence-electron chi connectivity index (χ3n) is 6.51. The number of benzene rings is 1. The molecule has 5 rings (SSSR count). The molecule has 0 bridgehead atoms. The van der Waals surface area contributed by atoms with Crippen molar-refractivity contribution in [2.75, 3.05) is 50.8 Å². The standard InChI is InChI=1S/C20H23F3N4O3/c21-20(22,23)13-2-1-3-14(6-13)26-9-19(10-26)11-27(12-19)18(29)25-5-4-16-15(7-25)24-17(28)8-30-16/h1-3,6,15-16H,4-5,7-12H2,(H,24,28)/t15-,16+/m1/s1. The van der Waals surface area contributed by atoms with E-state index < -0.39 is 11.7 Å². The smallest absolute Gasteiger partial charge is 0.370 e. The van der Waals surface area contributed by atoms with Gasteiger partial charge in [0.05, 0.1) is 17.7 Å². The molecule has 7 nitrogen and oxygen atoms in total. The second-order valence-corrected chi connectivity index (χ2v) is 8.80. The van der Waals surface area contributed by atoms with Crippen LogP contribution in [0, 0.1) is 5.41 Å². The summed E-state index contributed by atoms with van der Waals surface area (Å²) < 4.78 is 44.3. The molecule has 2 atom stereocenters. The molecule has 0 saturated carbocycles. The summed E-state index contributed by atoms with van der Waals surface area (Å²) in [5.41, 5.74) is -0.117. The summed E-state index contributed by atoms with van der Waals surface area (Å²) in [5.74, 6) is -0.155. The van der Waals surface area contributed by atoms with Gasteiger partial charge < -0.3 is 24.8 Å². The number of anilines is 1. The maximum atomic E-state index is 12.9. The molecule has 0 radical (unpaired) electrons. The SMILES string of the molecule is O=C1CO[C@H]2CCN(C(=O)N3CC4(C3)CN(c3cccc(C(F)(F)F)c3)C4)C[C@H]2N1. The van der Waals surface area contributed by atoms with E-state index in [0.29, 0.717) is 51.4 Å². The van der Waals surface area contributed by atoms with Gasteiger partial charge in [-0.25, -0.2) is 4.79 Å². The lowest BCUT2D eigenvalue weighted by Gasteiger charge is -2.61. The Labute approximate surface area is 171 Å². The van der Waals surface area contributed by atoms with Crippen LogP contribution in [-0.2, 0) is 15.7 Å². The molecule has 4 heterocycles. The molecule has 0 aliphatic carbocycles. The van der Waals surface area contributed by atoms with Crippen LogP contribution in [-0.4, -0.2) is 79.8 Å². The molecule has 162 valence electrons. The van der Waals surface area contributed by atoms with E-state index in [1.165, 1.54) is 12.1 Å². The average molecular weight is 424 g/mol. The number of likely N-dealkylation sites (tertiary alicyclic amines) is 2. The first-order chi connectivity index (χ1) is 14.2. The Morgan fingerprint density at radius 1 is 1.17 bits per heavy atom. The van der Waals surface area contributed by atoms with Crippen molar-refractivity contribution in [3.05, 3.63) is 29.8 Å². The number of alkyl halides is 3. The van der Waals surface area contributed by atoms with Gasteiger partial charge in [-0.1, -0.05) is 6.07 Å². The molecule has 3 amide bonds. The van der Waals surface area contributed by atoms with Crippen molar-refractivity contribution in [2.45, 2.75) is 24.7 Å². The van der Waals surface area contributed by atoms with E-state index in [1.54, 1.807) is 15.9 Å². The highest BCUT2D eigenvalue weighted by molar-refractivity contribution is 5.79. The van der Waals surface area contributed by atoms with Crippen LogP contribution < -0.4 is 10.2 Å². The minimum absolute atomic E-state index is 0.0373. The van der Waals surface area contributed by atoms with E-state index in [9.17, 15) is 22.8 Å². The highest BCUT2D eigenvalue weighted by Gasteiger charge is 2.54. The fourth-order valence-electron chi connectivity index (χ4n) is 5.00. The molecule has 0 unspecified atom stereocenters. The van der Waals surface area contributed by atoms with Gasteiger partial charge in [0.15, 0.2) is 0 Å². The second-order valence-electron chi connectivity index (χ2n) is 8.80. The number of nitrogens with one attached hydrogen (secondary N) is 1. The number of nitrogens with zero attached hydrogens (tertiary/aromatic N) is 3. The Morgan fingerprint density at radius 3 is 2.67 bits per heavy atom. The zero-order chi connectivity index (χ0) is 21.1. The van der Waals surface area contributed by atoms with Gasteiger partial charge in [-0.2, -0.15) is 13.2 Å². The van der Waals surface area contributed by atoms with Crippen molar-refractivity contribution in [3.63, 3.8) is 0 Å². The number of hydrogen-bond acceptors (Lipinski definition) is 4. The number of urea groups is 1. The highest BCUT2D eigenvalue weighted by Crippen LogP contribution is 2.43. The summed E-state index contributed by atoms with van der Waals surface area (Å²) in [6.45, 7) is 3.61. The average Bonchev–Trinajstić information content (AvgIpc) is 2.64. The maximum absolute atomic E-state index is 12.9. The predicted molar refractivity (Wildman–Crippen MR) is 101 cm³/mol. The van der Waals surface area contributed by atoms with Crippen LogP contribution in [0.1, 0.15) is 12.0 Å². The fraction of sp³-hybridized carbons (Fsp3) is 0.600. The first-order valence-corrected chi connectivity index (χ1v) is 10.1. The molecule has 1 aromatic rings. The molecule has 10 heteroatoms. The Balaban J connectivity index is 1.14. The number of piperidine rings is 1. The van der Waals surface area contributed by atoms with Crippen LogP contribution in [0.4, 0.5) is 23.7 Å². The van der Waals surface area contributed by atoms with Gasteiger partial charge in [-0.15, -0.1) is 0 Å². The highest BCUT2D eigenvalue weighted by atomic mass is 19.4. The quantitative estimate of drug-likeness (QED) is 0.743. The van der Waals surface area contributed by atoms with Gasteiger partial charge in [-0.05, 0) is 24.6 Å². The Kier molecular flexibility index (Phi) is 4.39. The molecule has 4 fully saturated rings. The van der Waals surface area contributed by atoms with Gasteiger partial charge in [0.1, 0.15) is 6.61 Å². The van der Waals surface area contributed by atoms with Crippen molar-refractivity contribution in [1.29, 1.82) is 0 Å². The van der Waals surface area contributed by atoms with Crippen molar-refractivity contribution in [1.82, 2.24) is 15.1 Å². The van der Waals surface area contributed by atoms with Gasteiger partial charge in [0.2, 0.25) is 5.91 Å². The molecule has 4 aliphatic rings. The number of ether oxygens (including phenoxy) is 1. The van der Waals surface area contributed by atoms with Crippen LogP contribution in [0.3, 0.4) is 0 Å². The van der Waals surface area contributed by atoms with Crippen molar-refractivity contribution in [2.24, 2.45) is 5.41 Å². The molecule has 1 aromatic carbocycles. The lowest BCUT2D eigenvalue weighted by atomic mass is 9.72. The molecular weight excluding hydrogens is 401 g/mol. The van der Waals surface area contributed by atoms with Gasteiger partial charge in [0.25, 0.3) is 0 Å². The number of halogens is 3. The topological polar surface area (TPSA) is 65.1 Å². The molecule has 30 heavy (non-hydrogen) atoms. The summed E-state index contributed by atoms with van der Waals surface area (Å²) in [7, 11) is 0. The fourth-order valence-corrected chi connectivity index (χ4v) is 5.00. The first-order valence-electron chi connectivity index (χ1n) is 10.1. The lowest BCUT2D eigenvalue weighted by molar-refractivity contribution is -0.140. The third kappa shape index (κ3) is 3.36. The normalized spacial score (nSPS) is 27.8. The predicted octanol–water partition coefficient (Wildman–Crippen LogP) is 1.54. The monoisotopic (exact) mass is 424 g/mol. The Bertz CT molecular complexity index is 863. The molecular formula is C20H23F3N4O3. The number of fused-ring (bicyclic) bond motifs is 1. The van der Waals surface area contributed by atoms with Crippen LogP contribution in [0.25, 0.3) is 0 Å². The van der Waals surface area contributed by atoms with Crippen LogP contribution in [0.15, 0.2) is 24.3 Å². The summed E-state index contributed by atoms with van der Waals surface area (Å²) in [6.07, 6.45) is -3.70. The first kappa shape index (κ1) is 19.5. The number of hydrogen-bond donors (Lipinski definition) is 1. The number of carbonyl (C=O) groups is 2. The number of carbonyl (C=O) groups excluding carboxylic acids is 2. The zero-order valence-corrected chi connectivity index (χ0v) is 16.3. The minimum atomic E-state index is -4.35. The van der Waals surface area contributed by atoms with E-state index in [4.69, 9.17) is 4.74 Å². The molecule has 0 aromatic heterocycles. The van der Waals surface area contributed by atoms with E-state index in [2.05, 4.69) is 5.32 Å². The van der Waals surface area contributed by atoms with Crippen LogP contribution in [0.2, 0.25) is 0 Å². The summed E-state index contributed by atoms with van der Waals surface area (Å²) in [4.78, 5) is 29.8. The van der Waals surface area contributed by atoms with Gasteiger partial charge in [0, 0.05) is 50.4 Å². The van der Waals surface area contributed by atoms with E-state index in [-0.39, 0.29) is 36.1 Å². The Morgan fingerprint density at radius 2 is 1.93 bits per heavy atom.